The fraction of sp³-hybridized carbons (Fsp3) is 0.273. The van der Waals surface area contributed by atoms with Crippen LogP contribution >= 0.6 is 0 Å². The highest BCUT2D eigenvalue weighted by molar-refractivity contribution is 5.94. The van der Waals surface area contributed by atoms with Crippen LogP contribution in [0.15, 0.2) is 12.1 Å². The molecular weight excluding hydrogens is 194 g/mol. The van der Waals surface area contributed by atoms with Gasteiger partial charge in [-0.1, -0.05) is 13.0 Å². The molecule has 0 amide bonds. The summed E-state index contributed by atoms with van der Waals surface area (Å²) in [5.41, 5.74) is 0.819. The van der Waals surface area contributed by atoms with Gasteiger partial charge in [-0.05, 0) is 18.1 Å². The van der Waals surface area contributed by atoms with Gasteiger partial charge in [0.25, 0.3) is 0 Å². The summed E-state index contributed by atoms with van der Waals surface area (Å²) in [7, 11) is 1.24. The van der Waals surface area contributed by atoms with E-state index in [1.165, 1.54) is 13.2 Å². The summed E-state index contributed by atoms with van der Waals surface area (Å²) in [5.74, 6) is -0.797. The Morgan fingerprint density at radius 1 is 1.60 bits per heavy atom. The molecule has 0 saturated carbocycles. The van der Waals surface area contributed by atoms with Crippen LogP contribution in [-0.4, -0.2) is 18.2 Å². The van der Waals surface area contributed by atoms with Crippen molar-refractivity contribution < 1.29 is 14.6 Å². The fourth-order valence-corrected chi connectivity index (χ4v) is 1.38. The number of hydrogen-bond donors (Lipinski definition) is 1. The molecule has 4 heteroatoms. The molecule has 0 unspecified atom stereocenters. The number of esters is 1. The number of methoxy groups -OCH3 is 1. The molecule has 0 radical (unpaired) electrons. The Bertz CT molecular complexity index is 432. The van der Waals surface area contributed by atoms with E-state index in [4.69, 9.17) is 5.26 Å². The largest absolute Gasteiger partial charge is 0.507 e. The number of nitriles is 1. The molecule has 0 spiro atoms. The average molecular weight is 205 g/mol. The van der Waals surface area contributed by atoms with Crippen molar-refractivity contribution in [2.75, 3.05) is 7.11 Å². The Morgan fingerprint density at radius 3 is 2.73 bits per heavy atom. The van der Waals surface area contributed by atoms with Crippen LogP contribution in [0.2, 0.25) is 0 Å². The first-order valence-electron chi connectivity index (χ1n) is 4.49. The Morgan fingerprint density at radius 2 is 2.27 bits per heavy atom. The Balaban J connectivity index is 3.49. The zero-order chi connectivity index (χ0) is 11.4. The van der Waals surface area contributed by atoms with Crippen LogP contribution in [0, 0.1) is 11.3 Å². The highest BCUT2D eigenvalue weighted by Gasteiger charge is 2.19. The van der Waals surface area contributed by atoms with Gasteiger partial charge in [0.2, 0.25) is 0 Å². The summed E-state index contributed by atoms with van der Waals surface area (Å²) >= 11 is 0. The molecule has 0 aliphatic carbocycles. The molecule has 78 valence electrons. The van der Waals surface area contributed by atoms with E-state index in [-0.39, 0.29) is 16.9 Å². The monoisotopic (exact) mass is 205 g/mol. The maximum Gasteiger partial charge on any atom is 0.339 e. The minimum atomic E-state index is -0.598. The van der Waals surface area contributed by atoms with E-state index in [9.17, 15) is 9.90 Å². The van der Waals surface area contributed by atoms with E-state index in [1.807, 2.05) is 6.92 Å². The number of rotatable bonds is 2. The molecule has 1 aromatic carbocycles. The van der Waals surface area contributed by atoms with Crippen molar-refractivity contribution in [3.05, 3.63) is 28.8 Å². The SMILES string of the molecule is CCc1ccc(O)c(C#N)c1C(=O)OC. The maximum atomic E-state index is 11.4. The van der Waals surface area contributed by atoms with Crippen molar-refractivity contribution in [3.8, 4) is 11.8 Å². The van der Waals surface area contributed by atoms with E-state index in [0.717, 1.165) is 0 Å². The van der Waals surface area contributed by atoms with E-state index in [1.54, 1.807) is 12.1 Å². The second kappa shape index (κ2) is 4.47. The van der Waals surface area contributed by atoms with Gasteiger partial charge < -0.3 is 9.84 Å². The number of ether oxygens (including phenoxy) is 1. The Kier molecular flexibility index (Phi) is 3.29. The van der Waals surface area contributed by atoms with E-state index < -0.39 is 5.97 Å². The van der Waals surface area contributed by atoms with Crippen molar-refractivity contribution in [3.63, 3.8) is 0 Å². The molecule has 0 saturated heterocycles. The summed E-state index contributed by atoms with van der Waals surface area (Å²) in [4.78, 5) is 11.4. The lowest BCUT2D eigenvalue weighted by Crippen LogP contribution is -2.08. The summed E-state index contributed by atoms with van der Waals surface area (Å²) in [6.45, 7) is 1.86. The standard InChI is InChI=1S/C11H11NO3/c1-3-7-4-5-9(13)8(6-12)10(7)11(14)15-2/h4-5,13H,3H2,1-2H3. The number of nitrogens with zero attached hydrogens (tertiary/aromatic N) is 1. The van der Waals surface area contributed by atoms with Crippen molar-refractivity contribution in [2.24, 2.45) is 0 Å². The third-order valence-corrected chi connectivity index (χ3v) is 2.15. The van der Waals surface area contributed by atoms with Crippen molar-refractivity contribution in [1.29, 1.82) is 5.26 Å². The minimum Gasteiger partial charge on any atom is -0.507 e. The first kappa shape index (κ1) is 11.1. The van der Waals surface area contributed by atoms with Crippen LogP contribution in [0.5, 0.6) is 5.75 Å². The second-order valence-electron chi connectivity index (χ2n) is 2.95. The van der Waals surface area contributed by atoms with Crippen LogP contribution in [0.3, 0.4) is 0 Å². The average Bonchev–Trinajstić information content (AvgIpc) is 2.27. The number of hydrogen-bond acceptors (Lipinski definition) is 4. The van der Waals surface area contributed by atoms with Crippen molar-refractivity contribution in [2.45, 2.75) is 13.3 Å². The highest BCUT2D eigenvalue weighted by atomic mass is 16.5. The van der Waals surface area contributed by atoms with Gasteiger partial charge in [-0.25, -0.2) is 4.79 Å². The summed E-state index contributed by atoms with van der Waals surface area (Å²) in [6, 6.07) is 4.82. The van der Waals surface area contributed by atoms with Crippen LogP contribution in [-0.2, 0) is 11.2 Å². The zero-order valence-electron chi connectivity index (χ0n) is 8.57. The molecule has 4 nitrogen and oxygen atoms in total. The maximum absolute atomic E-state index is 11.4. The first-order valence-corrected chi connectivity index (χ1v) is 4.49. The molecular formula is C11H11NO3. The molecule has 15 heavy (non-hydrogen) atoms. The minimum absolute atomic E-state index is 0.0267. The van der Waals surface area contributed by atoms with Gasteiger partial charge >= 0.3 is 5.97 Å². The molecule has 0 aliphatic heterocycles. The van der Waals surface area contributed by atoms with Gasteiger partial charge in [-0.2, -0.15) is 5.26 Å². The Hall–Kier alpha value is -2.02. The van der Waals surface area contributed by atoms with Crippen LogP contribution in [0.25, 0.3) is 0 Å². The molecule has 1 rings (SSSR count). The molecule has 1 N–H and O–H groups in total. The van der Waals surface area contributed by atoms with Crippen molar-refractivity contribution >= 4 is 5.97 Å². The topological polar surface area (TPSA) is 70.3 Å². The third kappa shape index (κ3) is 1.91. The molecule has 1 aromatic rings. The number of benzene rings is 1. The highest BCUT2D eigenvalue weighted by Crippen LogP contribution is 2.24. The first-order chi connectivity index (χ1) is 7.15. The molecule has 0 atom stereocenters. The molecule has 0 aromatic heterocycles. The summed E-state index contributed by atoms with van der Waals surface area (Å²) in [5, 5.41) is 18.3. The number of aryl methyl sites for hydroxylation is 1. The molecule has 0 aliphatic rings. The molecule has 0 heterocycles. The summed E-state index contributed by atoms with van der Waals surface area (Å²) in [6.07, 6.45) is 0.597. The van der Waals surface area contributed by atoms with Crippen LogP contribution in [0.1, 0.15) is 28.4 Å². The van der Waals surface area contributed by atoms with Crippen LogP contribution < -0.4 is 0 Å². The number of aromatic hydroxyl groups is 1. The van der Waals surface area contributed by atoms with E-state index in [2.05, 4.69) is 4.74 Å². The molecule has 0 fully saturated rings. The fourth-order valence-electron chi connectivity index (χ4n) is 1.38. The normalized spacial score (nSPS) is 9.40. The smallest absolute Gasteiger partial charge is 0.339 e. The lowest BCUT2D eigenvalue weighted by molar-refractivity contribution is 0.0598. The second-order valence-corrected chi connectivity index (χ2v) is 2.95. The van der Waals surface area contributed by atoms with Gasteiger partial charge in [0, 0.05) is 0 Å². The quantitative estimate of drug-likeness (QED) is 0.744. The van der Waals surface area contributed by atoms with E-state index in [0.29, 0.717) is 12.0 Å². The summed E-state index contributed by atoms with van der Waals surface area (Å²) < 4.78 is 4.58. The number of phenols is 1. The van der Waals surface area contributed by atoms with Gasteiger partial charge in [-0.15, -0.1) is 0 Å². The van der Waals surface area contributed by atoms with Gasteiger partial charge in [-0.3, -0.25) is 0 Å². The third-order valence-electron chi connectivity index (χ3n) is 2.15. The van der Waals surface area contributed by atoms with Crippen LogP contribution in [0.4, 0.5) is 0 Å². The zero-order valence-corrected chi connectivity index (χ0v) is 8.57. The van der Waals surface area contributed by atoms with Gasteiger partial charge in [0.15, 0.2) is 0 Å². The van der Waals surface area contributed by atoms with Crippen molar-refractivity contribution in [1.82, 2.24) is 0 Å². The van der Waals surface area contributed by atoms with E-state index >= 15 is 0 Å². The van der Waals surface area contributed by atoms with Gasteiger partial charge in [0.05, 0.1) is 12.7 Å². The Labute approximate surface area is 87.7 Å². The lowest BCUT2D eigenvalue weighted by atomic mass is 9.99. The van der Waals surface area contributed by atoms with Gasteiger partial charge in [0.1, 0.15) is 17.4 Å². The lowest BCUT2D eigenvalue weighted by Gasteiger charge is -2.08. The number of carbonyl (C=O) groups is 1. The predicted molar refractivity (Wildman–Crippen MR) is 53.5 cm³/mol. The number of phenolic OH excluding ortho intramolecular Hbond substituents is 1. The number of carbonyl (C=O) groups excluding carboxylic acids is 1. The molecule has 0 bridgehead atoms. The predicted octanol–water partition coefficient (Wildman–Crippen LogP) is 1.61.